The van der Waals surface area contributed by atoms with Gasteiger partial charge in [0.15, 0.2) is 0 Å². The number of aryl methyl sites for hydroxylation is 1. The SMILES string of the molecule is Cc1oc(-c2ccsc2)nc1CC(=O)N1CCC2(CCNC2)CC1.Cl.Cl. The molecule has 0 saturated carbocycles. The lowest BCUT2D eigenvalue weighted by Gasteiger charge is -2.38. The van der Waals surface area contributed by atoms with Gasteiger partial charge in [0, 0.05) is 30.6 Å². The van der Waals surface area contributed by atoms with Crippen molar-refractivity contribution in [2.75, 3.05) is 26.2 Å². The first-order chi connectivity index (χ1) is 11.7. The van der Waals surface area contributed by atoms with Crippen molar-refractivity contribution < 1.29 is 9.21 Å². The van der Waals surface area contributed by atoms with Gasteiger partial charge in [0.25, 0.3) is 0 Å². The van der Waals surface area contributed by atoms with E-state index < -0.39 is 0 Å². The second kappa shape index (κ2) is 8.74. The predicted molar refractivity (Wildman–Crippen MR) is 108 cm³/mol. The van der Waals surface area contributed by atoms with Gasteiger partial charge in [-0.2, -0.15) is 11.3 Å². The van der Waals surface area contributed by atoms with E-state index in [0.29, 0.717) is 17.7 Å². The number of nitrogens with one attached hydrogen (secondary N) is 1. The van der Waals surface area contributed by atoms with Crippen molar-refractivity contribution in [3.05, 3.63) is 28.3 Å². The van der Waals surface area contributed by atoms with Gasteiger partial charge in [-0.25, -0.2) is 4.98 Å². The topological polar surface area (TPSA) is 58.4 Å². The Labute approximate surface area is 170 Å². The third-order valence-corrected chi connectivity index (χ3v) is 6.17. The largest absolute Gasteiger partial charge is 0.441 e. The first-order valence-electron chi connectivity index (χ1n) is 8.63. The Bertz CT molecular complexity index is 717. The molecule has 0 bridgehead atoms. The smallest absolute Gasteiger partial charge is 0.228 e. The average molecular weight is 418 g/mol. The molecule has 0 aliphatic carbocycles. The molecule has 0 atom stereocenters. The highest BCUT2D eigenvalue weighted by Crippen LogP contribution is 2.37. The highest BCUT2D eigenvalue weighted by atomic mass is 35.5. The van der Waals surface area contributed by atoms with Gasteiger partial charge >= 0.3 is 0 Å². The van der Waals surface area contributed by atoms with Gasteiger partial charge in [0.2, 0.25) is 11.8 Å². The minimum Gasteiger partial charge on any atom is -0.441 e. The molecule has 2 aromatic rings. The third kappa shape index (κ3) is 4.25. The van der Waals surface area contributed by atoms with Crippen LogP contribution in [0.5, 0.6) is 0 Å². The van der Waals surface area contributed by atoms with Crippen LogP contribution in [0.1, 0.15) is 30.7 Å². The molecule has 1 amide bonds. The molecule has 4 rings (SSSR count). The van der Waals surface area contributed by atoms with Crippen LogP contribution in [0, 0.1) is 12.3 Å². The second-order valence-corrected chi connectivity index (χ2v) is 7.80. The fourth-order valence-corrected chi connectivity index (χ4v) is 4.44. The van der Waals surface area contributed by atoms with Gasteiger partial charge in [0.1, 0.15) is 5.76 Å². The zero-order valence-corrected chi connectivity index (χ0v) is 17.3. The molecular weight excluding hydrogens is 393 g/mol. The number of amides is 1. The van der Waals surface area contributed by atoms with Crippen LogP contribution in [-0.2, 0) is 11.2 Å². The van der Waals surface area contributed by atoms with E-state index in [1.165, 1.54) is 6.42 Å². The van der Waals surface area contributed by atoms with Crippen molar-refractivity contribution in [3.63, 3.8) is 0 Å². The molecule has 4 heterocycles. The molecule has 0 aromatic carbocycles. The summed E-state index contributed by atoms with van der Waals surface area (Å²) in [6.07, 6.45) is 3.82. The molecule has 2 aliphatic rings. The maximum Gasteiger partial charge on any atom is 0.228 e. The van der Waals surface area contributed by atoms with E-state index in [0.717, 1.165) is 56.0 Å². The van der Waals surface area contributed by atoms with E-state index in [1.807, 2.05) is 28.7 Å². The minimum atomic E-state index is 0. The standard InChI is InChI=1S/C18H23N3O2S.2ClH/c1-13-15(20-17(23-13)14-2-9-24-11-14)10-16(22)21-7-4-18(5-8-21)3-6-19-12-18;;/h2,9,11,19H,3-8,10,12H2,1H3;2*1H. The zero-order valence-electron chi connectivity index (χ0n) is 14.8. The Balaban J connectivity index is 0.00000121. The Morgan fingerprint density at radius 3 is 2.73 bits per heavy atom. The third-order valence-electron chi connectivity index (χ3n) is 5.49. The fraction of sp³-hybridized carbons (Fsp3) is 0.556. The van der Waals surface area contributed by atoms with Gasteiger partial charge < -0.3 is 14.6 Å². The number of carbonyl (C=O) groups excluding carboxylic acids is 1. The summed E-state index contributed by atoms with van der Waals surface area (Å²) < 4.78 is 5.74. The molecule has 26 heavy (non-hydrogen) atoms. The van der Waals surface area contributed by atoms with Gasteiger partial charge in [-0.3, -0.25) is 4.79 Å². The van der Waals surface area contributed by atoms with Gasteiger partial charge in [0.05, 0.1) is 12.1 Å². The predicted octanol–water partition coefficient (Wildman–Crippen LogP) is 3.70. The zero-order chi connectivity index (χ0) is 16.6. The summed E-state index contributed by atoms with van der Waals surface area (Å²) in [7, 11) is 0. The van der Waals surface area contributed by atoms with Gasteiger partial charge in [-0.15, -0.1) is 24.8 Å². The molecule has 0 radical (unpaired) electrons. The highest BCUT2D eigenvalue weighted by molar-refractivity contribution is 7.08. The lowest BCUT2D eigenvalue weighted by atomic mass is 9.78. The van der Waals surface area contributed by atoms with Crippen molar-refractivity contribution in [2.24, 2.45) is 5.41 Å². The molecule has 2 aliphatic heterocycles. The number of thiophene rings is 1. The number of oxazole rings is 1. The van der Waals surface area contributed by atoms with Gasteiger partial charge in [-0.05, 0) is 49.6 Å². The first kappa shape index (κ1) is 21.2. The number of likely N-dealkylation sites (tertiary alicyclic amines) is 1. The fourth-order valence-electron chi connectivity index (χ4n) is 3.81. The molecule has 1 spiro atoms. The number of aromatic nitrogens is 1. The number of halogens is 2. The molecule has 2 aromatic heterocycles. The van der Waals surface area contributed by atoms with Crippen molar-refractivity contribution >= 4 is 42.1 Å². The summed E-state index contributed by atoms with van der Waals surface area (Å²) in [5.41, 5.74) is 2.19. The van der Waals surface area contributed by atoms with Crippen LogP contribution in [0.4, 0.5) is 0 Å². The number of piperidine rings is 1. The number of rotatable bonds is 3. The summed E-state index contributed by atoms with van der Waals surface area (Å²) in [6.45, 7) is 5.86. The van der Waals surface area contributed by atoms with Crippen LogP contribution in [0.15, 0.2) is 21.2 Å². The van der Waals surface area contributed by atoms with Crippen molar-refractivity contribution in [1.82, 2.24) is 15.2 Å². The molecule has 8 heteroatoms. The first-order valence-corrected chi connectivity index (χ1v) is 9.57. The summed E-state index contributed by atoms with van der Waals surface area (Å²) in [5.74, 6) is 1.54. The molecule has 5 nitrogen and oxygen atoms in total. The van der Waals surface area contributed by atoms with Crippen LogP contribution >= 0.6 is 36.2 Å². The van der Waals surface area contributed by atoms with E-state index in [-0.39, 0.29) is 30.7 Å². The molecule has 0 unspecified atom stereocenters. The summed E-state index contributed by atoms with van der Waals surface area (Å²) in [5, 5.41) is 7.48. The Morgan fingerprint density at radius 2 is 2.12 bits per heavy atom. The molecule has 1 N–H and O–H groups in total. The molecule has 2 saturated heterocycles. The van der Waals surface area contributed by atoms with Crippen LogP contribution in [0.2, 0.25) is 0 Å². The minimum absolute atomic E-state index is 0. The monoisotopic (exact) mass is 417 g/mol. The van der Waals surface area contributed by atoms with Crippen molar-refractivity contribution in [2.45, 2.75) is 32.6 Å². The van der Waals surface area contributed by atoms with E-state index in [4.69, 9.17) is 4.42 Å². The Morgan fingerprint density at radius 1 is 1.35 bits per heavy atom. The van der Waals surface area contributed by atoms with E-state index in [1.54, 1.807) is 11.3 Å². The van der Waals surface area contributed by atoms with Crippen LogP contribution in [0.3, 0.4) is 0 Å². The molecule has 2 fully saturated rings. The maximum absolute atomic E-state index is 12.6. The number of nitrogens with zero attached hydrogens (tertiary/aromatic N) is 2. The molecule has 144 valence electrons. The number of hydrogen-bond acceptors (Lipinski definition) is 5. The second-order valence-electron chi connectivity index (χ2n) is 7.02. The van der Waals surface area contributed by atoms with Crippen LogP contribution in [-0.4, -0.2) is 42.0 Å². The van der Waals surface area contributed by atoms with E-state index in [2.05, 4.69) is 10.3 Å². The van der Waals surface area contributed by atoms with Crippen LogP contribution in [0.25, 0.3) is 11.5 Å². The normalized spacial score (nSPS) is 18.4. The quantitative estimate of drug-likeness (QED) is 0.826. The van der Waals surface area contributed by atoms with Crippen molar-refractivity contribution in [1.29, 1.82) is 0 Å². The lowest BCUT2D eigenvalue weighted by Crippen LogP contribution is -2.44. The summed E-state index contributed by atoms with van der Waals surface area (Å²) in [6, 6.07) is 1.99. The van der Waals surface area contributed by atoms with E-state index >= 15 is 0 Å². The Kier molecular flexibility index (Phi) is 7.13. The van der Waals surface area contributed by atoms with E-state index in [9.17, 15) is 4.79 Å². The lowest BCUT2D eigenvalue weighted by molar-refractivity contribution is -0.132. The Hall–Kier alpha value is -1.08. The average Bonchev–Trinajstić information content (AvgIpc) is 3.31. The van der Waals surface area contributed by atoms with Gasteiger partial charge in [-0.1, -0.05) is 0 Å². The highest BCUT2D eigenvalue weighted by Gasteiger charge is 2.38. The summed E-state index contributed by atoms with van der Waals surface area (Å²) in [4.78, 5) is 19.2. The number of hydrogen-bond donors (Lipinski definition) is 1. The number of carbonyl (C=O) groups is 1. The summed E-state index contributed by atoms with van der Waals surface area (Å²) >= 11 is 1.61. The molecular formula is C18H25Cl2N3O2S. The van der Waals surface area contributed by atoms with Crippen molar-refractivity contribution in [3.8, 4) is 11.5 Å². The van der Waals surface area contributed by atoms with Crippen LogP contribution < -0.4 is 5.32 Å². The maximum atomic E-state index is 12.6.